The molecule has 8 aromatic carbocycles. The van der Waals surface area contributed by atoms with E-state index in [-0.39, 0.29) is 90.7 Å². The number of halogens is 6. The van der Waals surface area contributed by atoms with Gasteiger partial charge < -0.3 is 28.8 Å². The molecule has 0 aliphatic heterocycles. The molecule has 30 heteroatoms. The van der Waals surface area contributed by atoms with Gasteiger partial charge in [0.25, 0.3) is 30.1 Å². The summed E-state index contributed by atoms with van der Waals surface area (Å²) in [5.41, 5.74) is 3.57. The number of sulfonamides is 3. The molecule has 11 aromatic rings. The quantitative estimate of drug-likeness (QED) is 0.0478. The van der Waals surface area contributed by atoms with Crippen LogP contribution in [0.3, 0.4) is 0 Å². The molecule has 17 nitrogen and oxygen atoms in total. The molecule has 11 rings (SSSR count). The van der Waals surface area contributed by atoms with Crippen LogP contribution >= 0.6 is 34.0 Å². The zero-order valence-electron chi connectivity index (χ0n) is 51.2. The number of benzene rings is 8. The van der Waals surface area contributed by atoms with Crippen molar-refractivity contribution < 1.29 is 120 Å². The molecule has 0 atom stereocenters. The zero-order chi connectivity index (χ0) is 68.8. The minimum Gasteiger partial charge on any atom is -0.545 e. The van der Waals surface area contributed by atoms with Crippen molar-refractivity contribution in [3.63, 3.8) is 0 Å². The SMILES string of the molecule is C.C.C.COC(=O)c1ccc(S(=O)(=O)N(Cc2ccc(OC(F)(F)F)cc2)c2sc3ccccc3c2C)cc1.COC(=O)c1ccc(S(=O)(=O)Nc2sc3ccccc3c2C)cc1.Cc1c(N(Cc2ccc(OC(F)(F)F)cc2)S(=O)(=O)c2ccc(C(=O)[O-])cc2)sc2ccccc12.[Na+]. The maximum atomic E-state index is 13.8. The number of hydrogen-bond acceptors (Lipinski definition) is 17. The number of carbonyl (C=O) groups is 3. The number of anilines is 3. The van der Waals surface area contributed by atoms with E-state index >= 15 is 0 Å². The smallest absolute Gasteiger partial charge is 0.545 e. The Morgan fingerprint density at radius 3 is 1.07 bits per heavy atom. The number of rotatable bonds is 18. The van der Waals surface area contributed by atoms with E-state index in [0.29, 0.717) is 31.7 Å². The first-order valence-electron chi connectivity index (χ1n) is 27.8. The van der Waals surface area contributed by atoms with Crippen LogP contribution in [0.4, 0.5) is 41.3 Å². The van der Waals surface area contributed by atoms with Crippen LogP contribution in [0, 0.1) is 20.8 Å². The van der Waals surface area contributed by atoms with Gasteiger partial charge in [-0.25, -0.2) is 34.8 Å². The molecule has 0 bridgehead atoms. The number of nitrogens with zero attached hydrogens (tertiary/aromatic N) is 2. The van der Waals surface area contributed by atoms with Gasteiger partial charge in [0.15, 0.2) is 0 Å². The third-order valence-corrected chi connectivity index (χ3v) is 23.3. The molecule has 0 spiro atoms. The fourth-order valence-corrected chi connectivity index (χ4v) is 17.8. The van der Waals surface area contributed by atoms with E-state index in [4.69, 9.17) is 0 Å². The maximum absolute atomic E-state index is 13.8. The average Bonchev–Trinajstić information content (AvgIpc) is 1.70. The van der Waals surface area contributed by atoms with Crippen molar-refractivity contribution in [1.82, 2.24) is 0 Å². The summed E-state index contributed by atoms with van der Waals surface area (Å²) in [6.07, 6.45) is -9.68. The second-order valence-electron chi connectivity index (χ2n) is 20.5. The van der Waals surface area contributed by atoms with E-state index in [2.05, 4.69) is 23.7 Å². The summed E-state index contributed by atoms with van der Waals surface area (Å²) in [6, 6.07) is 48.2. The second-order valence-corrected chi connectivity index (χ2v) is 29.0. The summed E-state index contributed by atoms with van der Waals surface area (Å²) >= 11 is 3.95. The predicted molar refractivity (Wildman–Crippen MR) is 370 cm³/mol. The number of carboxylic acid groups (broad SMARTS) is 1. The number of nitrogens with one attached hydrogen (secondary N) is 1. The van der Waals surface area contributed by atoms with Crippen LogP contribution in [-0.4, -0.2) is 70.1 Å². The molecule has 1 N–H and O–H groups in total. The Morgan fingerprint density at radius 1 is 0.444 bits per heavy atom. The Morgan fingerprint density at radius 2 is 0.758 bits per heavy atom. The zero-order valence-corrected chi connectivity index (χ0v) is 58.1. The first-order valence-corrected chi connectivity index (χ1v) is 34.6. The number of alkyl halides is 6. The minimum atomic E-state index is -4.84. The van der Waals surface area contributed by atoms with Crippen molar-refractivity contribution in [3.05, 3.63) is 239 Å². The van der Waals surface area contributed by atoms with E-state index in [1.165, 1.54) is 142 Å². The summed E-state index contributed by atoms with van der Waals surface area (Å²) in [7, 11) is -9.54. The van der Waals surface area contributed by atoms with Crippen LogP contribution in [0.1, 0.15) is 81.2 Å². The van der Waals surface area contributed by atoms with Gasteiger partial charge in [-0.15, -0.1) is 60.4 Å². The van der Waals surface area contributed by atoms with Gasteiger partial charge >= 0.3 is 54.2 Å². The Balaban J connectivity index is 0.000000268. The second kappa shape index (κ2) is 33.6. The van der Waals surface area contributed by atoms with Crippen LogP contribution in [0.2, 0.25) is 0 Å². The maximum Gasteiger partial charge on any atom is 1.00 e. The van der Waals surface area contributed by atoms with E-state index in [1.807, 2.05) is 86.6 Å². The average molecular weight is 1490 g/mol. The molecule has 0 saturated carbocycles. The number of hydrogen-bond donors (Lipinski definition) is 1. The molecular weight excluding hydrogens is 1420 g/mol. The molecule has 0 fully saturated rings. The van der Waals surface area contributed by atoms with Crippen molar-refractivity contribution in [2.45, 2.75) is 83.6 Å². The number of ether oxygens (including phenoxy) is 4. The van der Waals surface area contributed by atoms with Crippen molar-refractivity contribution in [2.24, 2.45) is 0 Å². The van der Waals surface area contributed by atoms with E-state index < -0.39 is 72.2 Å². The van der Waals surface area contributed by atoms with Gasteiger partial charge in [-0.3, -0.25) is 13.3 Å². The molecule has 0 amide bonds. The minimum absolute atomic E-state index is 0. The third kappa shape index (κ3) is 19.5. The summed E-state index contributed by atoms with van der Waals surface area (Å²) in [5, 5.41) is 15.4. The van der Waals surface area contributed by atoms with Crippen LogP contribution in [-0.2, 0) is 52.6 Å². The number of thiophene rings is 3. The van der Waals surface area contributed by atoms with Crippen LogP contribution in [0.15, 0.2) is 209 Å². The standard InChI is InChI=1S/C25H20F3NO5S2.C24H18F3NO5S2.C17H15NO4S2.3CH4.Na/c1-16-21-5-3-4-6-22(21)35-23(16)29(15-17-7-11-19(12-8-17)34-25(26,27)28)36(31,32)20-13-9-18(10-14-20)24(30)33-2;1-15-20-4-2-3-5-21(20)34-22(15)28(14-16-6-10-18(11-7-16)33-24(25,26)27)35(31,32)19-12-8-17(9-13-19)23(29)30;1-11-14-5-3-4-6-15(14)23-16(11)18-24(20,21)13-9-7-12(8-10-13)17(19)22-2;;;;/h3-14H,15H2,1-2H3;2-13H,14H2,1H3,(H,29,30);3-10,18H,1-2H3;3*1H4;/q;;;;;;+1/p-1. The molecule has 518 valence electrons. The van der Waals surface area contributed by atoms with Gasteiger partial charge in [-0.1, -0.05) is 113 Å². The first-order chi connectivity index (χ1) is 44.9. The first kappa shape index (κ1) is 81.2. The van der Waals surface area contributed by atoms with Gasteiger partial charge in [0, 0.05) is 14.1 Å². The van der Waals surface area contributed by atoms with Gasteiger partial charge in [0.1, 0.15) is 26.5 Å². The molecule has 3 heterocycles. The molecule has 0 unspecified atom stereocenters. The molecule has 0 aliphatic carbocycles. The van der Waals surface area contributed by atoms with Crippen LogP contribution < -0.4 is 57.5 Å². The largest absolute Gasteiger partial charge is 1.00 e. The van der Waals surface area contributed by atoms with Gasteiger partial charge in [-0.05, 0) is 173 Å². The Hall–Kier alpha value is -8.52. The molecular formula is C69H64F6N3NaO14S6. The number of aromatic carboxylic acids is 1. The molecule has 3 aromatic heterocycles. The fraction of sp³-hybridized carbons (Fsp3) is 0.174. The van der Waals surface area contributed by atoms with Crippen LogP contribution in [0.25, 0.3) is 30.3 Å². The summed E-state index contributed by atoms with van der Waals surface area (Å²) < 4.78 is 180. The van der Waals surface area contributed by atoms with E-state index in [1.54, 1.807) is 6.92 Å². The van der Waals surface area contributed by atoms with Crippen molar-refractivity contribution >= 4 is 127 Å². The van der Waals surface area contributed by atoms with E-state index in [0.717, 1.165) is 83.3 Å². The van der Waals surface area contributed by atoms with Crippen molar-refractivity contribution in [3.8, 4) is 11.5 Å². The van der Waals surface area contributed by atoms with Gasteiger partial charge in [-0.2, -0.15) is 0 Å². The molecule has 0 radical (unpaired) electrons. The number of carboxylic acids is 1. The van der Waals surface area contributed by atoms with Gasteiger partial charge in [0.05, 0.1) is 59.1 Å². The van der Waals surface area contributed by atoms with Gasteiger partial charge in [0.2, 0.25) is 0 Å². The Bertz CT molecular complexity index is 4980. The predicted octanol–water partition coefficient (Wildman–Crippen LogP) is 13.9. The number of fused-ring (bicyclic) bond motifs is 3. The number of methoxy groups -OCH3 is 2. The Labute approximate surface area is 603 Å². The number of carbonyl (C=O) groups excluding carboxylic acids is 3. The number of aryl methyl sites for hydroxylation is 3. The normalized spacial score (nSPS) is 11.3. The van der Waals surface area contributed by atoms with Crippen LogP contribution in [0.5, 0.6) is 11.5 Å². The molecule has 0 aliphatic rings. The molecule has 0 saturated heterocycles. The molecule has 99 heavy (non-hydrogen) atoms. The van der Waals surface area contributed by atoms with Crippen molar-refractivity contribution in [2.75, 3.05) is 27.6 Å². The number of esters is 2. The monoisotopic (exact) mass is 1490 g/mol. The Kier molecular flexibility index (Phi) is 27.5. The topological polar surface area (TPSA) is 232 Å². The summed E-state index contributed by atoms with van der Waals surface area (Å²) in [4.78, 5) is 34.2. The summed E-state index contributed by atoms with van der Waals surface area (Å²) in [6.45, 7) is 5.18. The summed E-state index contributed by atoms with van der Waals surface area (Å²) in [5.74, 6) is -3.37. The fourth-order valence-electron chi connectivity index (χ4n) is 9.49. The van der Waals surface area contributed by atoms with Crippen molar-refractivity contribution in [1.29, 1.82) is 0 Å². The van der Waals surface area contributed by atoms with E-state index in [9.17, 15) is 71.1 Å². The third-order valence-electron chi connectivity index (χ3n) is 14.3.